The second-order valence-corrected chi connectivity index (χ2v) is 17.3. The fourth-order valence-corrected chi connectivity index (χ4v) is 8.95. The molecular weight excluding hydrogens is 876 g/mol. The Balaban J connectivity index is 0.845. The molecule has 0 saturated heterocycles. The Labute approximate surface area is 392 Å². The Kier molecular flexibility index (Phi) is 14.4. The smallest absolute Gasteiger partial charge is 0.249 e. The summed E-state index contributed by atoms with van der Waals surface area (Å²) in [7, 11) is 3.26. The van der Waals surface area contributed by atoms with Gasteiger partial charge in [0.2, 0.25) is 11.8 Å². The van der Waals surface area contributed by atoms with Crippen molar-refractivity contribution in [2.24, 2.45) is 9.98 Å². The molecule has 0 aliphatic carbocycles. The number of carbonyl (C=O) groups excluding carboxylic acids is 2. The van der Waals surface area contributed by atoms with E-state index in [1.807, 2.05) is 90.6 Å². The van der Waals surface area contributed by atoms with Gasteiger partial charge in [-0.25, -0.2) is 0 Å². The molecule has 2 amide bonds. The lowest BCUT2D eigenvalue weighted by atomic mass is 9.99. The maximum atomic E-state index is 13.6. The first kappa shape index (κ1) is 45.9. The zero-order chi connectivity index (χ0) is 46.3. The molecule has 4 aromatic carbocycles. The average molecular weight is 928 g/mol. The first-order valence-corrected chi connectivity index (χ1v) is 23.1. The molecule has 0 saturated carbocycles. The molecule has 340 valence electrons. The largest absolute Gasteiger partial charge is 0.497 e. The maximum absolute atomic E-state index is 13.6. The second kappa shape index (κ2) is 20.7. The number of aromatic nitrogens is 6. The monoisotopic (exact) mass is 926 g/mol. The molecule has 0 fully saturated rings. The Morgan fingerprint density at radius 2 is 1.32 bits per heavy atom. The minimum absolute atomic E-state index is 0.103. The first-order chi connectivity index (χ1) is 32.1. The zero-order valence-corrected chi connectivity index (χ0v) is 39.1. The first-order valence-electron chi connectivity index (χ1n) is 21.8. The number of ether oxygens (including phenoxy) is 3. The Morgan fingerprint density at radius 3 is 1.94 bits per heavy atom. The van der Waals surface area contributed by atoms with Crippen LogP contribution in [-0.2, 0) is 14.3 Å². The van der Waals surface area contributed by atoms with Gasteiger partial charge in [0.1, 0.15) is 35.2 Å². The van der Waals surface area contributed by atoms with Gasteiger partial charge in [-0.2, -0.15) is 0 Å². The number of benzene rings is 4. The summed E-state index contributed by atoms with van der Waals surface area (Å²) in [6, 6.07) is 26.0. The Hall–Kier alpha value is -6.62. The van der Waals surface area contributed by atoms with Gasteiger partial charge in [-0.05, 0) is 94.3 Å². The van der Waals surface area contributed by atoms with Crippen LogP contribution in [0.25, 0.3) is 11.4 Å². The number of aliphatic imine (C=N–C) groups is 2. The Bertz CT molecular complexity index is 2820. The average Bonchev–Trinajstić information content (AvgIpc) is 3.82. The van der Waals surface area contributed by atoms with Crippen molar-refractivity contribution < 1.29 is 23.8 Å². The second-order valence-electron chi connectivity index (χ2n) is 15.7. The van der Waals surface area contributed by atoms with Crippen molar-refractivity contribution in [2.75, 3.05) is 46.3 Å². The molecule has 4 heterocycles. The number of hydrogen-bond acceptors (Lipinski definition) is 12. The predicted molar refractivity (Wildman–Crippen MR) is 256 cm³/mol. The lowest BCUT2D eigenvalue weighted by Gasteiger charge is -2.15. The number of amides is 2. The Morgan fingerprint density at radius 1 is 0.742 bits per heavy atom. The highest BCUT2D eigenvalue weighted by atomic mass is 35.5. The molecule has 66 heavy (non-hydrogen) atoms. The van der Waals surface area contributed by atoms with E-state index < -0.39 is 12.1 Å². The molecule has 0 unspecified atom stereocenters. The van der Waals surface area contributed by atoms with Gasteiger partial charge in [-0.1, -0.05) is 42.4 Å². The third-order valence-electron chi connectivity index (χ3n) is 11.3. The predicted octanol–water partition coefficient (Wildman–Crippen LogP) is 7.71. The number of rotatable bonds is 18. The highest BCUT2D eigenvalue weighted by Crippen LogP contribution is 2.37. The molecule has 6 aromatic rings. The quantitative estimate of drug-likeness (QED) is 0.0494. The van der Waals surface area contributed by atoms with Crippen LogP contribution in [0.5, 0.6) is 11.5 Å². The molecule has 17 heteroatoms. The van der Waals surface area contributed by atoms with E-state index in [0.717, 1.165) is 56.4 Å². The van der Waals surface area contributed by atoms with Gasteiger partial charge in [0.15, 0.2) is 11.6 Å². The van der Waals surface area contributed by atoms with Crippen LogP contribution in [0.1, 0.15) is 83.8 Å². The molecule has 15 nitrogen and oxygen atoms in total. The highest BCUT2D eigenvalue weighted by Gasteiger charge is 2.33. The van der Waals surface area contributed by atoms with Crippen molar-refractivity contribution in [3.8, 4) is 22.9 Å². The van der Waals surface area contributed by atoms with Gasteiger partial charge in [0.25, 0.3) is 0 Å². The molecule has 0 spiro atoms. The van der Waals surface area contributed by atoms with E-state index in [0.29, 0.717) is 78.3 Å². The minimum Gasteiger partial charge on any atom is -0.497 e. The highest BCUT2D eigenvalue weighted by molar-refractivity contribution is 7.99. The van der Waals surface area contributed by atoms with Crippen molar-refractivity contribution in [2.45, 2.75) is 57.0 Å². The summed E-state index contributed by atoms with van der Waals surface area (Å²) in [6.07, 6.45) is 1.61. The van der Waals surface area contributed by atoms with E-state index in [2.05, 4.69) is 61.9 Å². The van der Waals surface area contributed by atoms with E-state index in [1.54, 1.807) is 26.0 Å². The molecule has 2 aromatic heterocycles. The summed E-state index contributed by atoms with van der Waals surface area (Å²) >= 11 is 8.00. The van der Waals surface area contributed by atoms with Crippen LogP contribution in [0.15, 0.2) is 112 Å². The van der Waals surface area contributed by atoms with Crippen molar-refractivity contribution in [3.05, 3.63) is 148 Å². The van der Waals surface area contributed by atoms with Crippen LogP contribution in [0.4, 0.5) is 0 Å². The standard InChI is InChI=1S/C49H51ClN10O5S/c1-7-51-43(61)28-40-47-57-55-30(3)59(47)41-20-16-35(63-5)26-38(41)45(53-40)33-12-18-37(19-13-33)66-25-9-24-65-23-8-22-52-49(62)29(2)44-48-58-56-31(4)60(48)42-21-17-36(64-6)27-39(42)46(54-44)32-10-14-34(50)15-11-32/h10-21,26-27,40,44H,2,7-9,22-25,28H2,1,3-6H3,(H,51,61)(H,52,62)/t40-,44-/m0/s1. The zero-order valence-electron chi connectivity index (χ0n) is 37.5. The summed E-state index contributed by atoms with van der Waals surface area (Å²) in [5.41, 5.74) is 6.73. The normalized spacial score (nSPS) is 14.9. The van der Waals surface area contributed by atoms with Crippen molar-refractivity contribution in [3.63, 3.8) is 0 Å². The molecule has 0 radical (unpaired) electrons. The molecule has 2 N–H and O–H groups in total. The number of hydrogen-bond donors (Lipinski definition) is 2. The number of thioether (sulfide) groups is 1. The third kappa shape index (κ3) is 9.81. The topological polar surface area (TPSA) is 172 Å². The van der Waals surface area contributed by atoms with E-state index in [1.165, 1.54) is 0 Å². The van der Waals surface area contributed by atoms with Gasteiger partial charge in [0.05, 0.1) is 43.4 Å². The molecule has 2 atom stereocenters. The van der Waals surface area contributed by atoms with Gasteiger partial charge in [-0.15, -0.1) is 32.2 Å². The number of nitrogens with zero attached hydrogens (tertiary/aromatic N) is 8. The number of fused-ring (bicyclic) bond motifs is 6. The van der Waals surface area contributed by atoms with Crippen LogP contribution >= 0.6 is 23.4 Å². The summed E-state index contributed by atoms with van der Waals surface area (Å²) in [5, 5.41) is 24.2. The van der Waals surface area contributed by atoms with E-state index in [-0.39, 0.29) is 23.8 Å². The van der Waals surface area contributed by atoms with E-state index >= 15 is 0 Å². The van der Waals surface area contributed by atoms with Gasteiger partial charge in [0, 0.05) is 69.8 Å². The van der Waals surface area contributed by atoms with Crippen molar-refractivity contribution in [1.82, 2.24) is 40.2 Å². The fraction of sp³-hybridized carbons (Fsp3) is 0.306. The SMILES string of the molecule is C=C(C(=O)NCCCOCCCSc1ccc(C2=N[C@@H](CC(=O)NCC)c3nnc(C)n3-c3ccc(OC)cc32)cc1)[C@@H]1N=C(c2ccc(Cl)cc2)c2cc(OC)ccc2-n2c(C)nnc21. The fourth-order valence-electron chi connectivity index (χ4n) is 8.00. The molecule has 2 aliphatic heterocycles. The molecule has 0 bridgehead atoms. The summed E-state index contributed by atoms with van der Waals surface area (Å²) in [4.78, 5) is 37.9. The molecular formula is C49H51ClN10O5S. The van der Waals surface area contributed by atoms with E-state index in [9.17, 15) is 9.59 Å². The van der Waals surface area contributed by atoms with E-state index in [4.69, 9.17) is 35.8 Å². The maximum Gasteiger partial charge on any atom is 0.249 e. The van der Waals surface area contributed by atoms with Crippen molar-refractivity contribution in [1.29, 1.82) is 0 Å². The third-order valence-corrected chi connectivity index (χ3v) is 12.6. The number of aryl methyl sites for hydroxylation is 2. The van der Waals surface area contributed by atoms with Crippen LogP contribution in [-0.4, -0.2) is 99.0 Å². The summed E-state index contributed by atoms with van der Waals surface area (Å²) < 4.78 is 21.0. The van der Waals surface area contributed by atoms with Crippen LogP contribution in [0.2, 0.25) is 5.02 Å². The minimum atomic E-state index is -0.808. The van der Waals surface area contributed by atoms with Gasteiger partial charge in [-0.3, -0.25) is 28.7 Å². The number of carbonyl (C=O) groups is 2. The van der Waals surface area contributed by atoms with Crippen LogP contribution in [0, 0.1) is 13.8 Å². The van der Waals surface area contributed by atoms with Gasteiger partial charge < -0.3 is 24.8 Å². The lowest BCUT2D eigenvalue weighted by molar-refractivity contribution is -0.121. The molecule has 8 rings (SSSR count). The lowest BCUT2D eigenvalue weighted by Crippen LogP contribution is -2.29. The van der Waals surface area contributed by atoms with Crippen molar-refractivity contribution >= 4 is 46.6 Å². The number of nitrogens with one attached hydrogen (secondary N) is 2. The molecule has 2 aliphatic rings. The van der Waals surface area contributed by atoms with Crippen LogP contribution < -0.4 is 20.1 Å². The van der Waals surface area contributed by atoms with Gasteiger partial charge >= 0.3 is 0 Å². The summed E-state index contributed by atoms with van der Waals surface area (Å²) in [6.45, 7) is 11.9. The number of methoxy groups -OCH3 is 2. The number of halogens is 1. The summed E-state index contributed by atoms with van der Waals surface area (Å²) in [5.74, 6) is 4.26. The van der Waals surface area contributed by atoms with Crippen LogP contribution in [0.3, 0.4) is 0 Å².